The summed E-state index contributed by atoms with van der Waals surface area (Å²) in [5.74, 6) is -3.89. The first-order chi connectivity index (χ1) is 11.1. The average molecular weight is 362 g/mol. The Morgan fingerprint density at radius 2 is 2.00 bits per heavy atom. The van der Waals surface area contributed by atoms with E-state index in [2.05, 4.69) is 14.8 Å². The van der Waals surface area contributed by atoms with E-state index in [1.165, 1.54) is 0 Å². The monoisotopic (exact) mass is 362 g/mol. The van der Waals surface area contributed by atoms with Crippen LogP contribution in [0.5, 0.6) is 0 Å². The molecule has 2 heterocycles. The number of nitrogens with one attached hydrogen (secondary N) is 1. The van der Waals surface area contributed by atoms with Gasteiger partial charge in [0.05, 0.1) is 12.9 Å². The summed E-state index contributed by atoms with van der Waals surface area (Å²) in [7, 11) is -2.97. The van der Waals surface area contributed by atoms with Crippen LogP contribution < -0.4 is 5.32 Å². The van der Waals surface area contributed by atoms with Gasteiger partial charge in [-0.3, -0.25) is 14.5 Å². The van der Waals surface area contributed by atoms with Crippen LogP contribution in [0, 0.1) is 0 Å². The van der Waals surface area contributed by atoms with E-state index in [-0.39, 0.29) is 5.57 Å². The molecule has 1 fully saturated rings. The Balaban J connectivity index is 2.41. The first kappa shape index (κ1) is 17.7. The normalized spacial score (nSPS) is 24.6. The van der Waals surface area contributed by atoms with Gasteiger partial charge in [0.15, 0.2) is 15.2 Å². The molecule has 2 aliphatic heterocycles. The predicted molar refractivity (Wildman–Crippen MR) is 75.0 cm³/mol. The zero-order valence-corrected chi connectivity index (χ0v) is 13.5. The molecule has 2 rings (SSSR count). The molecule has 2 amide bonds. The van der Waals surface area contributed by atoms with Gasteiger partial charge in [-0.15, -0.1) is 0 Å². The van der Waals surface area contributed by atoms with E-state index in [0.29, 0.717) is 4.90 Å². The summed E-state index contributed by atoms with van der Waals surface area (Å²) < 4.78 is 33.6. The first-order valence-corrected chi connectivity index (χ1v) is 8.29. The second kappa shape index (κ2) is 6.11. The van der Waals surface area contributed by atoms with Crippen LogP contribution in [0.15, 0.2) is 11.3 Å². The number of nitrogens with zero attached hydrogens (tertiary/aromatic N) is 1. The van der Waals surface area contributed by atoms with E-state index in [1.807, 2.05) is 0 Å². The van der Waals surface area contributed by atoms with E-state index in [9.17, 15) is 32.7 Å². The molecule has 0 radical (unpaired) electrons. The number of carbonyl (C=O) groups excluding carboxylic acids is 3. The van der Waals surface area contributed by atoms with Crippen LogP contribution in [-0.4, -0.2) is 73.2 Å². The van der Waals surface area contributed by atoms with Gasteiger partial charge in [0, 0.05) is 12.5 Å². The summed E-state index contributed by atoms with van der Waals surface area (Å²) in [5, 5.41) is 9.82. The van der Waals surface area contributed by atoms with Crippen molar-refractivity contribution in [1.82, 2.24) is 10.2 Å². The molecule has 2 atom stereocenters. The van der Waals surface area contributed by atoms with Gasteiger partial charge in [0.1, 0.15) is 18.3 Å². The first-order valence-electron chi connectivity index (χ1n) is 6.58. The molecule has 0 spiro atoms. The van der Waals surface area contributed by atoms with Crippen LogP contribution in [0.3, 0.4) is 0 Å². The van der Waals surface area contributed by atoms with Crippen molar-refractivity contribution in [3.05, 3.63) is 11.3 Å². The number of carboxylic acids is 1. The zero-order valence-electron chi connectivity index (χ0n) is 12.6. The number of β-lactam (4-membered cyclic amide) rings is 1. The quantitative estimate of drug-likeness (QED) is 0.435. The number of fused-ring (bicyclic) bond motifs is 1. The molecule has 132 valence electrons. The highest BCUT2D eigenvalue weighted by molar-refractivity contribution is 7.92. The van der Waals surface area contributed by atoms with Crippen LogP contribution in [-0.2, 0) is 33.7 Å². The van der Waals surface area contributed by atoms with Gasteiger partial charge >= 0.3 is 18.0 Å². The Morgan fingerprint density at radius 3 is 2.50 bits per heavy atom. The van der Waals surface area contributed by atoms with E-state index < -0.39 is 63.2 Å². The minimum Gasteiger partial charge on any atom is -0.477 e. The van der Waals surface area contributed by atoms with Gasteiger partial charge in [-0.1, -0.05) is 0 Å². The van der Waals surface area contributed by atoms with Gasteiger partial charge in [-0.2, -0.15) is 0 Å². The van der Waals surface area contributed by atoms with Crippen molar-refractivity contribution in [2.45, 2.75) is 18.3 Å². The number of carbonyl (C=O) groups is 4. The highest BCUT2D eigenvalue weighted by atomic mass is 32.2. The summed E-state index contributed by atoms with van der Waals surface area (Å²) in [4.78, 5) is 46.2. The lowest BCUT2D eigenvalue weighted by Crippen LogP contribution is -2.74. The minimum absolute atomic E-state index is 0.223. The summed E-state index contributed by atoms with van der Waals surface area (Å²) in [6.07, 6.45) is -1.02. The summed E-state index contributed by atoms with van der Waals surface area (Å²) in [5.41, 5.74) is -0.789. The summed E-state index contributed by atoms with van der Waals surface area (Å²) in [6.45, 7) is 0.508. The van der Waals surface area contributed by atoms with Gasteiger partial charge in [0.2, 0.25) is 0 Å². The molecule has 24 heavy (non-hydrogen) atoms. The molecule has 0 aromatic rings. The van der Waals surface area contributed by atoms with E-state index in [4.69, 9.17) is 0 Å². The molecule has 1 unspecified atom stereocenters. The Morgan fingerprint density at radius 1 is 1.38 bits per heavy atom. The van der Waals surface area contributed by atoms with Gasteiger partial charge in [-0.05, 0) is 0 Å². The Labute approximate surface area is 136 Å². The van der Waals surface area contributed by atoms with Gasteiger partial charge < -0.3 is 19.9 Å². The standard InChI is InChI=1S/C12H14N2O9S/c1-5(15)23-3-6-4-24(20,21)10-7(13-12(19)22-2)9(16)14(10)8(6)11(17)18/h7,10H,3-4H2,1-2H3,(H,13,19)(H,17,18)/t7-,10?/m0/s1. The van der Waals surface area contributed by atoms with Crippen LogP contribution in [0.2, 0.25) is 0 Å². The number of hydrogen-bond acceptors (Lipinski definition) is 8. The van der Waals surface area contributed by atoms with Crippen molar-refractivity contribution < 1.29 is 42.2 Å². The maximum Gasteiger partial charge on any atom is 0.407 e. The van der Waals surface area contributed by atoms with E-state index in [0.717, 1.165) is 14.0 Å². The number of esters is 1. The van der Waals surface area contributed by atoms with Gasteiger partial charge in [0.25, 0.3) is 5.91 Å². The number of ether oxygens (including phenoxy) is 2. The fourth-order valence-corrected chi connectivity index (χ4v) is 4.51. The highest BCUT2D eigenvalue weighted by Crippen LogP contribution is 2.36. The largest absolute Gasteiger partial charge is 0.477 e. The van der Waals surface area contributed by atoms with E-state index >= 15 is 0 Å². The number of carboxylic acid groups (broad SMARTS) is 1. The molecule has 2 N–H and O–H groups in total. The second-order valence-corrected chi connectivity index (χ2v) is 7.15. The van der Waals surface area contributed by atoms with Crippen molar-refractivity contribution in [2.24, 2.45) is 0 Å². The lowest BCUT2D eigenvalue weighted by Gasteiger charge is -2.48. The molecule has 11 nitrogen and oxygen atoms in total. The zero-order chi connectivity index (χ0) is 18.2. The topological polar surface area (TPSA) is 156 Å². The molecule has 0 aromatic carbocycles. The number of methoxy groups -OCH3 is 1. The SMILES string of the molecule is COC(=O)N[C@H]1C(=O)N2C(C(=O)O)=C(COC(C)=O)CS(=O)(=O)C12. The fraction of sp³-hybridized carbons (Fsp3) is 0.500. The molecular formula is C12H14N2O9S. The molecular weight excluding hydrogens is 348 g/mol. The third-order valence-corrected chi connectivity index (χ3v) is 5.44. The maximum atomic E-state index is 12.3. The van der Waals surface area contributed by atoms with Crippen molar-refractivity contribution in [3.63, 3.8) is 0 Å². The van der Waals surface area contributed by atoms with Crippen LogP contribution in [0.4, 0.5) is 4.79 Å². The second-order valence-electron chi connectivity index (χ2n) is 5.06. The molecule has 0 saturated carbocycles. The highest BCUT2D eigenvalue weighted by Gasteiger charge is 2.60. The number of hydrogen-bond donors (Lipinski definition) is 2. The van der Waals surface area contributed by atoms with Crippen molar-refractivity contribution in [1.29, 1.82) is 0 Å². The van der Waals surface area contributed by atoms with Crippen molar-refractivity contribution in [3.8, 4) is 0 Å². The van der Waals surface area contributed by atoms with Crippen molar-refractivity contribution in [2.75, 3.05) is 19.5 Å². The third kappa shape index (κ3) is 2.91. The maximum absolute atomic E-state index is 12.3. The predicted octanol–water partition coefficient (Wildman–Crippen LogP) is -1.79. The number of aliphatic carboxylic acids is 1. The molecule has 0 aliphatic carbocycles. The Bertz CT molecular complexity index is 754. The Kier molecular flexibility index (Phi) is 4.51. The average Bonchev–Trinajstić information content (AvgIpc) is 2.48. The van der Waals surface area contributed by atoms with Crippen LogP contribution >= 0.6 is 0 Å². The minimum atomic E-state index is -4.00. The van der Waals surface area contributed by atoms with E-state index in [1.54, 1.807) is 0 Å². The van der Waals surface area contributed by atoms with Crippen LogP contribution in [0.1, 0.15) is 6.92 Å². The molecule has 12 heteroatoms. The smallest absolute Gasteiger partial charge is 0.407 e. The molecule has 2 aliphatic rings. The van der Waals surface area contributed by atoms with Crippen LogP contribution in [0.25, 0.3) is 0 Å². The molecule has 0 aromatic heterocycles. The lowest BCUT2D eigenvalue weighted by atomic mass is 10.0. The lowest BCUT2D eigenvalue weighted by molar-refractivity contribution is -0.149. The molecule has 0 bridgehead atoms. The summed E-state index contributed by atoms with van der Waals surface area (Å²) in [6, 6.07) is -1.44. The summed E-state index contributed by atoms with van der Waals surface area (Å²) >= 11 is 0. The van der Waals surface area contributed by atoms with Crippen molar-refractivity contribution >= 4 is 33.8 Å². The third-order valence-electron chi connectivity index (χ3n) is 3.47. The number of alkyl carbamates (subject to hydrolysis) is 1. The van der Waals surface area contributed by atoms with Gasteiger partial charge in [-0.25, -0.2) is 18.0 Å². The Hall–Kier alpha value is -2.63. The fourth-order valence-electron chi connectivity index (χ4n) is 2.51. The number of amides is 2. The number of sulfone groups is 1. The number of rotatable bonds is 4. The molecule has 1 saturated heterocycles.